The molecule has 2 aliphatic rings. The van der Waals surface area contributed by atoms with Crippen LogP contribution < -0.4 is 10.6 Å². The van der Waals surface area contributed by atoms with Crippen molar-refractivity contribution < 1.29 is 9.59 Å². The van der Waals surface area contributed by atoms with Gasteiger partial charge in [-0.2, -0.15) is 0 Å². The van der Waals surface area contributed by atoms with Crippen LogP contribution in [-0.4, -0.2) is 16.1 Å². The minimum atomic E-state index is -0.621. The van der Waals surface area contributed by atoms with Crippen LogP contribution in [0.5, 0.6) is 0 Å². The number of nitrogens with zero attached hydrogens (tertiary/aromatic N) is 1. The van der Waals surface area contributed by atoms with E-state index in [4.69, 9.17) is 0 Å². The van der Waals surface area contributed by atoms with Crippen molar-refractivity contribution in [3.63, 3.8) is 0 Å². The summed E-state index contributed by atoms with van der Waals surface area (Å²) in [6.45, 7) is 8.55. The van der Waals surface area contributed by atoms with Crippen LogP contribution in [0.25, 0.3) is 12.2 Å². The lowest BCUT2D eigenvalue weighted by Gasteiger charge is -2.32. The molecule has 2 heterocycles. The van der Waals surface area contributed by atoms with Crippen LogP contribution in [0.15, 0.2) is 23.8 Å². The molecule has 3 nitrogen and oxygen atoms in total. The van der Waals surface area contributed by atoms with Gasteiger partial charge in [-0.25, -0.2) is 0 Å². The van der Waals surface area contributed by atoms with Crippen LogP contribution in [0.4, 0.5) is 0 Å². The predicted octanol–water partition coefficient (Wildman–Crippen LogP) is 4.75. The highest BCUT2D eigenvalue weighted by atomic mass is 16.2. The second-order valence-electron chi connectivity index (χ2n) is 8.81. The molecule has 162 valence electrons. The summed E-state index contributed by atoms with van der Waals surface area (Å²) in [5.74, 6) is 0.322. The first-order valence-electron chi connectivity index (χ1n) is 11.8. The predicted molar refractivity (Wildman–Crippen MR) is 125 cm³/mol. The molecule has 0 amide bonds. The highest BCUT2D eigenvalue weighted by Crippen LogP contribution is 2.34. The van der Waals surface area contributed by atoms with Crippen LogP contribution in [0.1, 0.15) is 89.9 Å². The van der Waals surface area contributed by atoms with Gasteiger partial charge in [0.1, 0.15) is 0 Å². The normalized spacial score (nSPS) is 21.4. The minimum Gasteiger partial charge on any atom is -0.327 e. The second-order valence-corrected chi connectivity index (χ2v) is 8.81. The molecular weight excluding hydrogens is 370 g/mol. The summed E-state index contributed by atoms with van der Waals surface area (Å²) in [6.07, 6.45) is 18.9. The van der Waals surface area contributed by atoms with Crippen molar-refractivity contribution in [3.05, 3.63) is 45.6 Å². The summed E-state index contributed by atoms with van der Waals surface area (Å²) in [7, 11) is 0. The van der Waals surface area contributed by atoms with Crippen molar-refractivity contribution in [3.8, 4) is 0 Å². The number of carbonyl (C=O) groups is 2. The first-order chi connectivity index (χ1) is 14.5. The van der Waals surface area contributed by atoms with Gasteiger partial charge in [0, 0.05) is 28.6 Å². The van der Waals surface area contributed by atoms with E-state index in [2.05, 4.69) is 49.6 Å². The number of ketones is 2. The monoisotopic (exact) mass is 407 g/mol. The Balaban J connectivity index is 2.28. The molecule has 3 heteroatoms. The number of rotatable bonds is 8. The van der Waals surface area contributed by atoms with E-state index >= 15 is 0 Å². The van der Waals surface area contributed by atoms with Crippen molar-refractivity contribution in [1.29, 1.82) is 0 Å². The summed E-state index contributed by atoms with van der Waals surface area (Å²) in [5.41, 5.74) is 3.85. The Bertz CT molecular complexity index is 969. The molecule has 1 aromatic heterocycles. The maximum absolute atomic E-state index is 13.3. The van der Waals surface area contributed by atoms with E-state index in [-0.39, 0.29) is 17.5 Å². The third-order valence-electron chi connectivity index (χ3n) is 6.54. The molecule has 1 aliphatic heterocycles. The molecule has 30 heavy (non-hydrogen) atoms. The number of aromatic nitrogens is 1. The zero-order valence-corrected chi connectivity index (χ0v) is 19.2. The van der Waals surface area contributed by atoms with Crippen LogP contribution in [0.3, 0.4) is 0 Å². The fourth-order valence-electron chi connectivity index (χ4n) is 4.79. The SMILES string of the molecule is C\C=C/C=c1/c(C/C(C)=C\CC)c2n(/c1=C\CCC)C(C(=O)C1CCC1)C(=O)CC2. The van der Waals surface area contributed by atoms with Gasteiger partial charge in [0.15, 0.2) is 17.6 Å². The van der Waals surface area contributed by atoms with E-state index in [1.165, 1.54) is 22.0 Å². The quantitative estimate of drug-likeness (QED) is 0.461. The average Bonchev–Trinajstić information content (AvgIpc) is 2.95. The smallest absolute Gasteiger partial charge is 0.166 e. The standard InChI is InChI=1S/C27H37NO2/c1-5-8-14-21-22(18-19(4)11-7-3)24-16-17-25(29)26(27(30)20-12-10-13-20)28(24)23(21)15-9-6-2/h5,8,11,14-15,20,26H,6-7,9-10,12-13,16-18H2,1-4H3/b8-5-,19-11-,21-14-,23-15-. The van der Waals surface area contributed by atoms with Crippen LogP contribution in [-0.2, 0) is 22.4 Å². The Labute approximate surface area is 181 Å². The lowest BCUT2D eigenvalue weighted by atomic mass is 9.78. The summed E-state index contributed by atoms with van der Waals surface area (Å²) in [4.78, 5) is 26.4. The number of fused-ring (bicyclic) bond motifs is 1. The lowest BCUT2D eigenvalue weighted by Crippen LogP contribution is -2.44. The highest BCUT2D eigenvalue weighted by Gasteiger charge is 2.40. The number of unbranched alkanes of at least 4 members (excludes halogenated alkanes) is 1. The van der Waals surface area contributed by atoms with E-state index in [0.29, 0.717) is 6.42 Å². The molecular formula is C27H37NO2. The molecule has 0 bridgehead atoms. The lowest BCUT2D eigenvalue weighted by molar-refractivity contribution is -0.136. The maximum atomic E-state index is 13.3. The Hall–Kier alpha value is -2.16. The summed E-state index contributed by atoms with van der Waals surface area (Å²) >= 11 is 0. The number of carbonyl (C=O) groups excluding carboxylic acids is 2. The number of hydrogen-bond donors (Lipinski definition) is 0. The number of hydrogen-bond acceptors (Lipinski definition) is 2. The van der Waals surface area contributed by atoms with Gasteiger partial charge in [0.25, 0.3) is 0 Å². The van der Waals surface area contributed by atoms with Crippen LogP contribution >= 0.6 is 0 Å². The van der Waals surface area contributed by atoms with Crippen molar-refractivity contribution in [2.24, 2.45) is 5.92 Å². The summed E-state index contributed by atoms with van der Waals surface area (Å²) < 4.78 is 2.14. The van der Waals surface area contributed by atoms with Crippen molar-refractivity contribution in [1.82, 2.24) is 4.57 Å². The molecule has 1 atom stereocenters. The van der Waals surface area contributed by atoms with Gasteiger partial charge in [0.05, 0.1) is 0 Å². The van der Waals surface area contributed by atoms with Gasteiger partial charge in [-0.15, -0.1) is 0 Å². The van der Waals surface area contributed by atoms with Gasteiger partial charge in [-0.3, -0.25) is 9.59 Å². The second kappa shape index (κ2) is 10.2. The molecule has 1 aromatic rings. The Kier molecular flexibility index (Phi) is 7.69. The molecule has 1 unspecified atom stereocenters. The highest BCUT2D eigenvalue weighted by molar-refractivity contribution is 6.06. The van der Waals surface area contributed by atoms with Gasteiger partial charge in [0.2, 0.25) is 0 Å². The molecule has 1 saturated carbocycles. The first kappa shape index (κ1) is 22.5. The average molecular weight is 408 g/mol. The van der Waals surface area contributed by atoms with Gasteiger partial charge in [-0.1, -0.05) is 62.6 Å². The fourth-order valence-corrected chi connectivity index (χ4v) is 4.79. The van der Waals surface area contributed by atoms with Gasteiger partial charge < -0.3 is 4.57 Å². The molecule has 3 rings (SSSR count). The molecule has 0 spiro atoms. The number of allylic oxidation sites excluding steroid dienone is 4. The molecule has 0 radical (unpaired) electrons. The summed E-state index contributed by atoms with van der Waals surface area (Å²) in [6, 6.07) is -0.621. The third kappa shape index (κ3) is 4.45. The van der Waals surface area contributed by atoms with E-state index in [9.17, 15) is 9.59 Å². The third-order valence-corrected chi connectivity index (χ3v) is 6.54. The topological polar surface area (TPSA) is 39.1 Å². The van der Waals surface area contributed by atoms with Crippen molar-refractivity contribution >= 4 is 23.7 Å². The Morgan fingerprint density at radius 2 is 1.97 bits per heavy atom. The zero-order valence-electron chi connectivity index (χ0n) is 19.2. The van der Waals surface area contributed by atoms with E-state index in [1.807, 2.05) is 13.0 Å². The molecule has 1 fully saturated rings. The van der Waals surface area contributed by atoms with Gasteiger partial charge in [-0.05, 0) is 57.9 Å². The molecule has 0 saturated heterocycles. The van der Waals surface area contributed by atoms with Crippen LogP contribution in [0.2, 0.25) is 0 Å². The van der Waals surface area contributed by atoms with Crippen molar-refractivity contribution in [2.45, 2.75) is 91.5 Å². The molecule has 1 aliphatic carbocycles. The van der Waals surface area contributed by atoms with Crippen LogP contribution in [0, 0.1) is 5.92 Å². The zero-order chi connectivity index (χ0) is 21.7. The maximum Gasteiger partial charge on any atom is 0.166 e. The Morgan fingerprint density at radius 1 is 1.20 bits per heavy atom. The van der Waals surface area contributed by atoms with Gasteiger partial charge >= 0.3 is 0 Å². The Morgan fingerprint density at radius 3 is 2.57 bits per heavy atom. The number of Topliss-reactive ketones (excluding diaryl/α,β-unsaturated/α-hetero) is 2. The molecule has 0 aromatic carbocycles. The van der Waals surface area contributed by atoms with E-state index in [1.54, 1.807) is 0 Å². The minimum absolute atomic E-state index is 0.0689. The largest absolute Gasteiger partial charge is 0.327 e. The molecule has 0 N–H and O–H groups in total. The summed E-state index contributed by atoms with van der Waals surface area (Å²) in [5, 5.41) is 2.27. The van der Waals surface area contributed by atoms with Crippen molar-refractivity contribution in [2.75, 3.05) is 0 Å². The van der Waals surface area contributed by atoms with E-state index < -0.39 is 6.04 Å². The fraction of sp³-hybridized carbons (Fsp3) is 0.556. The van der Waals surface area contributed by atoms with E-state index in [0.717, 1.165) is 56.7 Å². The first-order valence-corrected chi connectivity index (χ1v) is 11.8.